The van der Waals surface area contributed by atoms with E-state index in [9.17, 15) is 137 Å². The summed E-state index contributed by atoms with van der Waals surface area (Å²) in [7, 11) is 0. The van der Waals surface area contributed by atoms with Gasteiger partial charge in [0.25, 0.3) is 0 Å². The second-order valence-corrected chi connectivity index (χ2v) is 38.8. The first-order valence-corrected chi connectivity index (χ1v) is 51.6. The lowest BCUT2D eigenvalue weighted by Crippen LogP contribution is -2.71. The van der Waals surface area contributed by atoms with Gasteiger partial charge in [0, 0.05) is 27.2 Å². The molecule has 0 saturated carbocycles. The van der Waals surface area contributed by atoms with E-state index in [1.807, 2.05) is 6.08 Å². The number of aliphatic hydroxyl groups excluding tert-OH is 23. The minimum absolute atomic E-state index is 0.137. The van der Waals surface area contributed by atoms with Gasteiger partial charge >= 0.3 is 0 Å². The highest BCUT2D eigenvalue weighted by Crippen LogP contribution is 2.40. The molecule has 27 N–H and O–H groups in total. The van der Waals surface area contributed by atoms with Crippen LogP contribution in [0.15, 0.2) is 24.3 Å². The highest BCUT2D eigenvalue weighted by molar-refractivity contribution is 5.76. The third-order valence-electron chi connectivity index (χ3n) is 27.5. The summed E-state index contributed by atoms with van der Waals surface area (Å²) in [4.78, 5) is 53.1. The number of ether oxygens (including phenoxy) is 16. The zero-order valence-corrected chi connectivity index (χ0v) is 83.0. The van der Waals surface area contributed by atoms with Gasteiger partial charge in [-0.2, -0.15) is 0 Å². The number of unbranched alkanes of at least 4 members (excludes halogenated alkanes) is 28. The van der Waals surface area contributed by atoms with Gasteiger partial charge in [-0.1, -0.05) is 192 Å². The van der Waals surface area contributed by atoms with E-state index in [0.717, 1.165) is 85.0 Å². The van der Waals surface area contributed by atoms with Crippen molar-refractivity contribution >= 4 is 23.6 Å². The van der Waals surface area contributed by atoms with Crippen LogP contribution in [0.25, 0.3) is 0 Å². The molecule has 0 radical (unpaired) electrons. The lowest BCUT2D eigenvalue weighted by atomic mass is 9.93. The molecule has 0 aliphatic carbocycles. The Hall–Kier alpha value is -4.20. The highest BCUT2D eigenvalue weighted by Gasteiger charge is 2.61. The molecule has 42 atom stereocenters. The first-order chi connectivity index (χ1) is 68.6. The van der Waals surface area contributed by atoms with Crippen LogP contribution in [0, 0.1) is 0 Å². The molecule has 8 heterocycles. The van der Waals surface area contributed by atoms with Gasteiger partial charge in [-0.25, -0.2) is 0 Å². The number of hydrogen-bond donors (Lipinski definition) is 27. The van der Waals surface area contributed by atoms with Crippen LogP contribution < -0.4 is 21.3 Å². The molecule has 0 spiro atoms. The molecular weight excluding hydrogens is 1900 g/mol. The van der Waals surface area contributed by atoms with Gasteiger partial charge in [0.1, 0.15) is 195 Å². The van der Waals surface area contributed by atoms with Gasteiger partial charge in [-0.05, 0) is 44.9 Å². The van der Waals surface area contributed by atoms with Crippen molar-refractivity contribution in [3.8, 4) is 0 Å². The normalized spacial score (nSPS) is 38.2. The maximum absolute atomic E-state index is 13.7. The molecule has 0 aromatic rings. The summed E-state index contributed by atoms with van der Waals surface area (Å²) in [6.45, 7) is -1.58. The zero-order chi connectivity index (χ0) is 105. The maximum atomic E-state index is 13.7. The Balaban J connectivity index is 0.958. The van der Waals surface area contributed by atoms with E-state index < -0.39 is 335 Å². The van der Waals surface area contributed by atoms with Crippen LogP contribution in [-0.2, 0) is 95.0 Å². The van der Waals surface area contributed by atoms with Crippen LogP contribution in [0.5, 0.6) is 0 Å². The molecule has 8 fully saturated rings. The summed E-state index contributed by atoms with van der Waals surface area (Å²) < 4.78 is 95.9. The minimum atomic E-state index is -2.48. The van der Waals surface area contributed by atoms with Gasteiger partial charge in [-0.3, -0.25) is 19.2 Å². The Labute approximate surface area is 835 Å². The molecule has 8 aliphatic heterocycles. The van der Waals surface area contributed by atoms with E-state index in [0.29, 0.717) is 12.8 Å². The van der Waals surface area contributed by atoms with Gasteiger partial charge < -0.3 is 215 Å². The van der Waals surface area contributed by atoms with E-state index in [1.54, 1.807) is 6.08 Å². The summed E-state index contributed by atoms with van der Waals surface area (Å²) >= 11 is 0. The molecule has 47 nitrogen and oxygen atoms in total. The molecule has 8 saturated heterocycles. The summed E-state index contributed by atoms with van der Waals surface area (Å²) in [5.74, 6) is -3.15. The SMILES string of the molecule is CCCCCCCC/C=C\CCCCCCCCCCCCCC(=O)N[C@@H](CO[C@@H]1OC(CO)[C@@H](O[C@@H]2OC(CO)[C@H](O)[C@H](O[C@@H]3OC(CO)[C@@H](O[C@@H]4OC(CO[C@@H]5OC(CO)[C@@H](O[C@@H]6OC(CO)[C@H](O)[C@H](O)C6O)[C@H](O)C5NC(C)=O)[C@H](O)[C@H](O[C@@H]5OC(CO)[C@@H](O[C@@H]6OC(CO)[C@H](O)[C@H](O)C6O)[C@H](O)C5NC(C)=O)C4O)[C@H](O)C3NC(C)=O)C2O)[C@H](O)C1O)[C@H](O)/C=C/CCCCCCCCCCCCC. The monoisotopic (exact) mass is 2070 g/mol. The number of allylic oxidation sites excluding steroid dienone is 3. The number of hydrogen-bond acceptors (Lipinski definition) is 43. The molecule has 8 aliphatic rings. The quantitative estimate of drug-likeness (QED) is 0.0202. The van der Waals surface area contributed by atoms with Crippen molar-refractivity contribution in [1.82, 2.24) is 21.3 Å². The molecule has 0 bridgehead atoms. The largest absolute Gasteiger partial charge is 0.394 e. The lowest BCUT2D eigenvalue weighted by Gasteiger charge is -2.51. The molecule has 143 heavy (non-hydrogen) atoms. The van der Waals surface area contributed by atoms with Gasteiger partial charge in [0.05, 0.1) is 71.6 Å². The highest BCUT2D eigenvalue weighted by atomic mass is 16.8. The fourth-order valence-electron chi connectivity index (χ4n) is 19.1. The van der Waals surface area contributed by atoms with Crippen molar-refractivity contribution < 1.29 is 212 Å². The van der Waals surface area contributed by atoms with Crippen molar-refractivity contribution in [2.75, 3.05) is 59.5 Å². The average Bonchev–Trinajstić information content (AvgIpc) is 0.751. The summed E-state index contributed by atoms with van der Waals surface area (Å²) in [6, 6.07) is -6.85. The number of carbonyl (C=O) groups excluding carboxylic acids is 4. The van der Waals surface area contributed by atoms with E-state index in [1.165, 1.54) is 122 Å². The summed E-state index contributed by atoms with van der Waals surface area (Å²) in [5.41, 5.74) is 0. The van der Waals surface area contributed by atoms with Crippen molar-refractivity contribution in [3.05, 3.63) is 24.3 Å². The number of rotatable bonds is 64. The minimum Gasteiger partial charge on any atom is -0.394 e. The van der Waals surface area contributed by atoms with Crippen molar-refractivity contribution in [2.45, 2.75) is 498 Å². The molecule has 0 aromatic heterocycles. The number of carbonyl (C=O) groups is 4. The predicted octanol–water partition coefficient (Wildman–Crippen LogP) is -4.52. The molecule has 832 valence electrons. The third-order valence-corrected chi connectivity index (χ3v) is 27.5. The molecule has 0 aromatic carbocycles. The van der Waals surface area contributed by atoms with Crippen LogP contribution in [-0.4, -0.2) is 458 Å². The van der Waals surface area contributed by atoms with Gasteiger partial charge in [0.15, 0.2) is 50.3 Å². The number of nitrogens with one attached hydrogen (secondary N) is 4. The molecule has 4 amide bonds. The number of aliphatic hydroxyl groups is 23. The molecule has 8 rings (SSSR count). The van der Waals surface area contributed by atoms with Crippen LogP contribution in [0.4, 0.5) is 0 Å². The summed E-state index contributed by atoms with van der Waals surface area (Å²) in [6.07, 6.45) is -32.9. The topological polar surface area (TPSA) is 729 Å². The second-order valence-electron chi connectivity index (χ2n) is 38.8. The predicted molar refractivity (Wildman–Crippen MR) is 498 cm³/mol. The summed E-state index contributed by atoms with van der Waals surface area (Å²) in [5, 5.41) is 270. The smallest absolute Gasteiger partial charge is 0.220 e. The van der Waals surface area contributed by atoms with Crippen molar-refractivity contribution in [1.29, 1.82) is 0 Å². The Morgan fingerprint density at radius 2 is 0.559 bits per heavy atom. The van der Waals surface area contributed by atoms with E-state index in [2.05, 4.69) is 47.3 Å². The lowest BCUT2D eigenvalue weighted by molar-refractivity contribution is -0.389. The molecule has 47 heteroatoms. The fraction of sp³-hybridized carbons (Fsp3) is 0.917. The average molecular weight is 2070 g/mol. The first kappa shape index (κ1) is 124. The van der Waals surface area contributed by atoms with E-state index in [-0.39, 0.29) is 12.3 Å². The van der Waals surface area contributed by atoms with Gasteiger partial charge in [-0.15, -0.1) is 0 Å². The fourth-order valence-corrected chi connectivity index (χ4v) is 19.1. The second kappa shape index (κ2) is 65.3. The van der Waals surface area contributed by atoms with Crippen LogP contribution in [0.3, 0.4) is 0 Å². The Morgan fingerprint density at radius 3 is 0.923 bits per heavy atom. The first-order valence-electron chi connectivity index (χ1n) is 51.6. The van der Waals surface area contributed by atoms with Crippen molar-refractivity contribution in [3.63, 3.8) is 0 Å². The van der Waals surface area contributed by atoms with Gasteiger partial charge in [0.2, 0.25) is 23.6 Å². The molecule has 16 unspecified atom stereocenters. The molecular formula is C96H170N4O43. The van der Waals surface area contributed by atoms with E-state index in [4.69, 9.17) is 75.8 Å². The standard InChI is InChI=1S/C96H170N4O43/c1-6-8-10-12-14-16-18-20-21-22-23-24-25-26-27-29-31-33-35-37-39-41-64(112)100-54(55(111)40-38-36-34-32-30-28-19-17-15-13-11-9-7-2)49-128-92-80(125)77(122)86(62(48-107)136-92)141-95-81(126)87(70(115)58(44-103)132-95)142-90-67(99-53(5)110)74(119)85(61(47-106)135-90)140-96-82(127)88(143-91-66(98-52(4)109)73(118)84(60(46-105)134-91)139-94-79(124)76(121)69(114)57(43-102)131-94)71(116)63(137-96)50-129-89-65(97-51(3)108)72(117)83(59(45-104)133-89)138-93-78(123)75(120)68(113)56(42-101)130-93/h20-21,38,40,54-63,65-96,101-107,111,113-127H,6-19,22-37,39,41-50H2,1-5H3,(H,97,108)(H,98,109)(H,99,110)(H,100,112)/b21-20-,40-38+/t54-,55+,56?,57?,58?,59?,60?,61?,62?,63?,65?,66?,67?,68-,69-,70-,71-,72+,73+,74+,75-,76-,77+,78?,79?,80?,81?,82?,83+,84+,85+,86+,87-,88-,89+,90-,91-,92+,93-,94-,95-,96-/m0/s1. The Bertz CT molecular complexity index is 3560. The number of amides is 4. The third kappa shape index (κ3) is 37.1. The Morgan fingerprint density at radius 1 is 0.280 bits per heavy atom. The Kier molecular flexibility index (Phi) is 56.6. The van der Waals surface area contributed by atoms with Crippen LogP contribution in [0.1, 0.15) is 240 Å². The van der Waals surface area contributed by atoms with Crippen LogP contribution >= 0.6 is 0 Å². The maximum Gasteiger partial charge on any atom is 0.220 e. The zero-order valence-electron chi connectivity index (χ0n) is 83.0. The van der Waals surface area contributed by atoms with Crippen molar-refractivity contribution in [2.24, 2.45) is 0 Å². The van der Waals surface area contributed by atoms with E-state index >= 15 is 0 Å². The van der Waals surface area contributed by atoms with Crippen LogP contribution in [0.2, 0.25) is 0 Å².